The Bertz CT molecular complexity index is 1280. The molecule has 0 spiro atoms. The number of carbonyl (C=O) groups is 1. The Morgan fingerprint density at radius 3 is 2.23 bits per heavy atom. The second-order valence-corrected chi connectivity index (χ2v) is 10.2. The van der Waals surface area contributed by atoms with Crippen LogP contribution in [0.15, 0.2) is 71.6 Å². The van der Waals surface area contributed by atoms with Crippen LogP contribution in [0.3, 0.4) is 0 Å². The maximum atomic E-state index is 13.5. The van der Waals surface area contributed by atoms with Crippen molar-refractivity contribution < 1.29 is 22.7 Å². The SMILES string of the molecule is CC[C@@H](NC(=O)CN(c1ccc(OC)c(Cl)c1)S(=O)(=O)c1ccccc1)c1ccc(OC)c(C)c1. The Kier molecular flexibility index (Phi) is 8.64. The van der Waals surface area contributed by atoms with Crippen LogP contribution in [-0.2, 0) is 14.8 Å². The molecule has 0 saturated heterocycles. The molecule has 35 heavy (non-hydrogen) atoms. The van der Waals surface area contributed by atoms with Crippen molar-refractivity contribution in [3.05, 3.63) is 82.9 Å². The molecule has 0 fully saturated rings. The molecule has 0 radical (unpaired) electrons. The Balaban J connectivity index is 1.93. The molecule has 0 aromatic heterocycles. The highest BCUT2D eigenvalue weighted by molar-refractivity contribution is 7.92. The largest absolute Gasteiger partial charge is 0.496 e. The van der Waals surface area contributed by atoms with Crippen molar-refractivity contribution in [3.63, 3.8) is 0 Å². The summed E-state index contributed by atoms with van der Waals surface area (Å²) >= 11 is 6.28. The molecule has 186 valence electrons. The smallest absolute Gasteiger partial charge is 0.264 e. The lowest BCUT2D eigenvalue weighted by Crippen LogP contribution is -2.42. The molecule has 0 aliphatic rings. The lowest BCUT2D eigenvalue weighted by molar-refractivity contribution is -0.120. The van der Waals surface area contributed by atoms with Crippen molar-refractivity contribution in [3.8, 4) is 11.5 Å². The van der Waals surface area contributed by atoms with Gasteiger partial charge in [0.15, 0.2) is 0 Å². The fraction of sp³-hybridized carbons (Fsp3) is 0.269. The van der Waals surface area contributed by atoms with Crippen LogP contribution >= 0.6 is 11.6 Å². The number of halogens is 1. The first-order valence-electron chi connectivity index (χ1n) is 11.1. The molecular formula is C26H29ClN2O5S. The fourth-order valence-electron chi connectivity index (χ4n) is 3.76. The summed E-state index contributed by atoms with van der Waals surface area (Å²) in [6.45, 7) is 3.45. The Labute approximate surface area is 211 Å². The van der Waals surface area contributed by atoms with E-state index in [-0.39, 0.29) is 21.6 Å². The van der Waals surface area contributed by atoms with E-state index in [0.717, 1.165) is 21.2 Å². The minimum absolute atomic E-state index is 0.0672. The second-order valence-electron chi connectivity index (χ2n) is 7.90. The van der Waals surface area contributed by atoms with Crippen molar-refractivity contribution in [1.29, 1.82) is 0 Å². The van der Waals surface area contributed by atoms with Crippen LogP contribution in [0.1, 0.15) is 30.5 Å². The summed E-state index contributed by atoms with van der Waals surface area (Å²) in [5.41, 5.74) is 2.10. The summed E-state index contributed by atoms with van der Waals surface area (Å²) in [4.78, 5) is 13.2. The van der Waals surface area contributed by atoms with Gasteiger partial charge in [0.05, 0.1) is 35.9 Å². The number of rotatable bonds is 10. The molecule has 9 heteroatoms. The molecule has 1 N–H and O–H groups in total. The Morgan fingerprint density at radius 1 is 1.00 bits per heavy atom. The number of sulfonamides is 1. The maximum Gasteiger partial charge on any atom is 0.264 e. The van der Waals surface area contributed by atoms with Crippen LogP contribution in [0.25, 0.3) is 0 Å². The number of nitrogens with zero attached hydrogens (tertiary/aromatic N) is 1. The van der Waals surface area contributed by atoms with Gasteiger partial charge in [-0.05, 0) is 60.9 Å². The number of amides is 1. The molecule has 0 bridgehead atoms. The minimum Gasteiger partial charge on any atom is -0.496 e. The average Bonchev–Trinajstić information content (AvgIpc) is 2.86. The van der Waals surface area contributed by atoms with Crippen LogP contribution in [0.2, 0.25) is 5.02 Å². The number of hydrogen-bond acceptors (Lipinski definition) is 5. The average molecular weight is 517 g/mol. The van der Waals surface area contributed by atoms with Gasteiger partial charge in [-0.1, -0.05) is 48.9 Å². The van der Waals surface area contributed by atoms with E-state index in [1.54, 1.807) is 37.4 Å². The number of benzene rings is 3. The van der Waals surface area contributed by atoms with E-state index in [4.69, 9.17) is 21.1 Å². The third-order valence-electron chi connectivity index (χ3n) is 5.61. The third-order valence-corrected chi connectivity index (χ3v) is 7.69. The molecule has 0 saturated carbocycles. The fourth-order valence-corrected chi connectivity index (χ4v) is 5.44. The van der Waals surface area contributed by atoms with Crippen molar-refractivity contribution in [1.82, 2.24) is 5.32 Å². The zero-order valence-electron chi connectivity index (χ0n) is 20.1. The summed E-state index contributed by atoms with van der Waals surface area (Å²) in [7, 11) is -0.976. The summed E-state index contributed by atoms with van der Waals surface area (Å²) in [5, 5.41) is 3.20. The second kappa shape index (κ2) is 11.5. The number of nitrogens with one attached hydrogen (secondary N) is 1. The highest BCUT2D eigenvalue weighted by atomic mass is 35.5. The highest BCUT2D eigenvalue weighted by Gasteiger charge is 2.28. The van der Waals surface area contributed by atoms with E-state index in [2.05, 4.69) is 5.32 Å². The maximum absolute atomic E-state index is 13.5. The van der Waals surface area contributed by atoms with Gasteiger partial charge in [-0.15, -0.1) is 0 Å². The van der Waals surface area contributed by atoms with Crippen molar-refractivity contribution >= 4 is 33.2 Å². The first-order valence-corrected chi connectivity index (χ1v) is 12.9. The predicted molar refractivity (Wildman–Crippen MR) is 138 cm³/mol. The summed E-state index contributed by atoms with van der Waals surface area (Å²) in [6.07, 6.45) is 0.622. The standard InChI is InChI=1S/C26H29ClN2O5S/c1-5-23(19-11-13-24(33-3)18(2)15-19)28-26(30)17-29(20-12-14-25(34-4)22(27)16-20)35(31,32)21-9-7-6-8-10-21/h6-16,23H,5,17H2,1-4H3,(H,28,30)/t23-/m1/s1. The van der Waals surface area contributed by atoms with Gasteiger partial charge in [-0.3, -0.25) is 9.10 Å². The predicted octanol–water partition coefficient (Wildman–Crippen LogP) is 5.13. The first kappa shape index (κ1) is 26.4. The molecule has 0 aliphatic heterocycles. The molecule has 3 rings (SSSR count). The van der Waals surface area contributed by atoms with Crippen LogP contribution in [0.5, 0.6) is 11.5 Å². The first-order chi connectivity index (χ1) is 16.7. The zero-order chi connectivity index (χ0) is 25.6. The molecule has 3 aromatic carbocycles. The Morgan fingerprint density at radius 2 is 1.66 bits per heavy atom. The number of carbonyl (C=O) groups excluding carboxylic acids is 1. The lowest BCUT2D eigenvalue weighted by Gasteiger charge is -2.26. The van der Waals surface area contributed by atoms with Crippen molar-refractivity contribution in [2.45, 2.75) is 31.2 Å². The van der Waals surface area contributed by atoms with Crippen molar-refractivity contribution in [2.24, 2.45) is 0 Å². The van der Waals surface area contributed by atoms with E-state index in [9.17, 15) is 13.2 Å². The summed E-state index contributed by atoms with van der Waals surface area (Å²) in [6, 6.07) is 18.0. The molecule has 1 amide bonds. The van der Waals surface area contributed by atoms with E-state index in [0.29, 0.717) is 12.2 Å². The number of hydrogen-bond donors (Lipinski definition) is 1. The number of aryl methyl sites for hydroxylation is 1. The van der Waals surface area contributed by atoms with Gasteiger partial charge in [0, 0.05) is 0 Å². The topological polar surface area (TPSA) is 84.9 Å². The highest BCUT2D eigenvalue weighted by Crippen LogP contribution is 2.32. The molecule has 0 heterocycles. The van der Waals surface area contributed by atoms with Crippen LogP contribution in [0.4, 0.5) is 5.69 Å². The quantitative estimate of drug-likeness (QED) is 0.404. The van der Waals surface area contributed by atoms with Crippen molar-refractivity contribution in [2.75, 3.05) is 25.1 Å². The van der Waals surface area contributed by atoms with Crippen LogP contribution in [0, 0.1) is 6.92 Å². The molecule has 0 aliphatic carbocycles. The lowest BCUT2D eigenvalue weighted by atomic mass is 10.0. The third kappa shape index (κ3) is 6.07. The normalized spacial score (nSPS) is 12.0. The summed E-state index contributed by atoms with van der Waals surface area (Å²) in [5.74, 6) is 0.709. The molecular weight excluding hydrogens is 488 g/mol. The van der Waals surface area contributed by atoms with Gasteiger partial charge in [0.25, 0.3) is 10.0 Å². The van der Waals surface area contributed by atoms with E-state index in [1.165, 1.54) is 25.3 Å². The monoisotopic (exact) mass is 516 g/mol. The number of ether oxygens (including phenoxy) is 2. The molecule has 0 unspecified atom stereocenters. The van der Waals surface area contributed by atoms with Crippen LogP contribution < -0.4 is 19.1 Å². The summed E-state index contributed by atoms with van der Waals surface area (Å²) < 4.78 is 38.6. The molecule has 1 atom stereocenters. The molecule has 7 nitrogen and oxygen atoms in total. The number of anilines is 1. The Hall–Kier alpha value is -3.23. The van der Waals surface area contributed by atoms with E-state index < -0.39 is 22.5 Å². The van der Waals surface area contributed by atoms with E-state index >= 15 is 0 Å². The van der Waals surface area contributed by atoms with Gasteiger partial charge < -0.3 is 14.8 Å². The minimum atomic E-state index is -4.05. The van der Waals surface area contributed by atoms with Crippen LogP contribution in [-0.4, -0.2) is 35.1 Å². The van der Waals surface area contributed by atoms with Gasteiger partial charge in [0.1, 0.15) is 18.0 Å². The van der Waals surface area contributed by atoms with Gasteiger partial charge in [0.2, 0.25) is 5.91 Å². The molecule has 3 aromatic rings. The van der Waals surface area contributed by atoms with E-state index in [1.807, 2.05) is 32.0 Å². The van der Waals surface area contributed by atoms with Gasteiger partial charge >= 0.3 is 0 Å². The zero-order valence-corrected chi connectivity index (χ0v) is 21.7. The van der Waals surface area contributed by atoms with Gasteiger partial charge in [-0.2, -0.15) is 0 Å². The van der Waals surface area contributed by atoms with Gasteiger partial charge in [-0.25, -0.2) is 8.42 Å². The number of methoxy groups -OCH3 is 2.